The summed E-state index contributed by atoms with van der Waals surface area (Å²) in [5.41, 5.74) is 1.09. The number of fused-ring (bicyclic) bond motifs is 1. The molecule has 1 amide bonds. The van der Waals surface area contributed by atoms with Gasteiger partial charge in [0, 0.05) is 6.54 Å². The van der Waals surface area contributed by atoms with E-state index in [0.29, 0.717) is 6.54 Å². The Bertz CT molecular complexity index is 614. The van der Waals surface area contributed by atoms with Gasteiger partial charge in [-0.25, -0.2) is 9.59 Å². The molecule has 5 nitrogen and oxygen atoms in total. The number of carboxylic acid groups (broad SMARTS) is 1. The number of rotatable bonds is 1. The van der Waals surface area contributed by atoms with Crippen molar-refractivity contribution < 1.29 is 19.4 Å². The van der Waals surface area contributed by atoms with E-state index in [4.69, 9.17) is 4.74 Å². The van der Waals surface area contributed by atoms with Crippen LogP contribution in [0, 0.1) is 0 Å². The number of hydrogen-bond donors (Lipinski definition) is 1. The molecule has 1 aliphatic rings. The third-order valence-electron chi connectivity index (χ3n) is 3.84. The number of carbonyl (C=O) groups is 2. The van der Waals surface area contributed by atoms with Crippen LogP contribution in [0.15, 0.2) is 18.2 Å². The van der Waals surface area contributed by atoms with Crippen LogP contribution >= 0.6 is 0 Å². The molecule has 0 spiro atoms. The van der Waals surface area contributed by atoms with Gasteiger partial charge in [0.2, 0.25) is 0 Å². The normalized spacial score (nSPS) is 16.9. The van der Waals surface area contributed by atoms with Crippen LogP contribution in [0.4, 0.5) is 10.5 Å². The molecule has 5 heteroatoms. The SMILES string of the molecule is CC(C)(C)OC(=O)N1CCC(C)(C)c2cc(C(=O)O)ccc21. The highest BCUT2D eigenvalue weighted by Gasteiger charge is 2.36. The molecule has 0 aliphatic carbocycles. The minimum atomic E-state index is -0.965. The number of aromatic carboxylic acids is 1. The van der Waals surface area contributed by atoms with Crippen molar-refractivity contribution in [2.45, 2.75) is 52.1 Å². The van der Waals surface area contributed by atoms with Crippen LogP contribution in [0.5, 0.6) is 0 Å². The maximum Gasteiger partial charge on any atom is 0.414 e. The standard InChI is InChI=1S/C17H23NO4/c1-16(2,3)22-15(21)18-9-8-17(4,5)12-10-11(14(19)20)6-7-13(12)18/h6-7,10H,8-9H2,1-5H3,(H,19,20). The van der Waals surface area contributed by atoms with Crippen LogP contribution < -0.4 is 4.90 Å². The quantitative estimate of drug-likeness (QED) is 0.856. The van der Waals surface area contributed by atoms with E-state index in [2.05, 4.69) is 13.8 Å². The summed E-state index contributed by atoms with van der Waals surface area (Å²) in [7, 11) is 0. The average molecular weight is 305 g/mol. The number of benzene rings is 1. The van der Waals surface area contributed by atoms with Crippen molar-refractivity contribution in [1.29, 1.82) is 0 Å². The zero-order valence-electron chi connectivity index (χ0n) is 13.8. The van der Waals surface area contributed by atoms with Gasteiger partial charge in [-0.3, -0.25) is 4.90 Å². The molecule has 0 fully saturated rings. The van der Waals surface area contributed by atoms with Crippen molar-refractivity contribution in [2.24, 2.45) is 0 Å². The van der Waals surface area contributed by atoms with E-state index >= 15 is 0 Å². The summed E-state index contributed by atoms with van der Waals surface area (Å²) in [6.07, 6.45) is 0.356. The fourth-order valence-electron chi connectivity index (χ4n) is 2.60. The smallest absolute Gasteiger partial charge is 0.414 e. The van der Waals surface area contributed by atoms with Crippen molar-refractivity contribution in [2.75, 3.05) is 11.4 Å². The van der Waals surface area contributed by atoms with Gasteiger partial charge in [-0.15, -0.1) is 0 Å². The monoisotopic (exact) mass is 305 g/mol. The number of ether oxygens (including phenoxy) is 1. The summed E-state index contributed by atoms with van der Waals surface area (Å²) >= 11 is 0. The number of anilines is 1. The predicted molar refractivity (Wildman–Crippen MR) is 84.6 cm³/mol. The van der Waals surface area contributed by atoms with Crippen molar-refractivity contribution >= 4 is 17.7 Å². The zero-order valence-corrected chi connectivity index (χ0v) is 13.8. The second-order valence-electron chi connectivity index (χ2n) is 7.30. The van der Waals surface area contributed by atoms with Gasteiger partial charge in [0.15, 0.2) is 0 Å². The Morgan fingerprint density at radius 3 is 2.45 bits per heavy atom. The van der Waals surface area contributed by atoms with E-state index < -0.39 is 17.7 Å². The second-order valence-corrected chi connectivity index (χ2v) is 7.30. The molecule has 0 saturated heterocycles. The lowest BCUT2D eigenvalue weighted by molar-refractivity contribution is 0.0574. The molecular formula is C17H23NO4. The lowest BCUT2D eigenvalue weighted by Crippen LogP contribution is -2.43. The van der Waals surface area contributed by atoms with Gasteiger partial charge in [0.1, 0.15) is 5.60 Å². The van der Waals surface area contributed by atoms with E-state index in [0.717, 1.165) is 17.7 Å². The average Bonchev–Trinajstić information content (AvgIpc) is 2.36. The van der Waals surface area contributed by atoms with Gasteiger partial charge in [-0.1, -0.05) is 13.8 Å². The van der Waals surface area contributed by atoms with Gasteiger partial charge < -0.3 is 9.84 Å². The predicted octanol–water partition coefficient (Wildman–Crippen LogP) is 3.81. The highest BCUT2D eigenvalue weighted by molar-refractivity contribution is 5.93. The third kappa shape index (κ3) is 3.24. The topological polar surface area (TPSA) is 66.8 Å². The first-order chi connectivity index (χ1) is 10.0. The Morgan fingerprint density at radius 2 is 1.91 bits per heavy atom. The van der Waals surface area contributed by atoms with Gasteiger partial charge in [0.05, 0.1) is 11.3 Å². The van der Waals surface area contributed by atoms with Crippen LogP contribution in [0.2, 0.25) is 0 Å². The minimum Gasteiger partial charge on any atom is -0.478 e. The van der Waals surface area contributed by atoms with E-state index in [9.17, 15) is 14.7 Å². The van der Waals surface area contributed by atoms with Crippen LogP contribution in [0.3, 0.4) is 0 Å². The minimum absolute atomic E-state index is 0.181. The first kappa shape index (κ1) is 16.3. The van der Waals surface area contributed by atoms with E-state index in [1.165, 1.54) is 6.07 Å². The van der Waals surface area contributed by atoms with Crippen LogP contribution in [0.25, 0.3) is 0 Å². The summed E-state index contributed by atoms with van der Waals surface area (Å²) in [6, 6.07) is 4.89. The molecule has 22 heavy (non-hydrogen) atoms. The lowest BCUT2D eigenvalue weighted by atomic mass is 9.77. The van der Waals surface area contributed by atoms with Crippen LogP contribution in [0.1, 0.15) is 57.0 Å². The number of carbonyl (C=O) groups excluding carboxylic acids is 1. The highest BCUT2D eigenvalue weighted by atomic mass is 16.6. The Kier molecular flexibility index (Phi) is 3.94. The van der Waals surface area contributed by atoms with Gasteiger partial charge >= 0.3 is 12.1 Å². The molecule has 0 radical (unpaired) electrons. The molecule has 2 rings (SSSR count). The number of carboxylic acids is 1. The number of hydrogen-bond acceptors (Lipinski definition) is 3. The Balaban J connectivity index is 2.44. The number of amides is 1. The van der Waals surface area contributed by atoms with Crippen LogP contribution in [-0.4, -0.2) is 29.3 Å². The fraction of sp³-hybridized carbons (Fsp3) is 0.529. The van der Waals surface area contributed by atoms with Gasteiger partial charge in [-0.05, 0) is 56.4 Å². The van der Waals surface area contributed by atoms with Crippen molar-refractivity contribution in [3.05, 3.63) is 29.3 Å². The summed E-state index contributed by atoms with van der Waals surface area (Å²) in [6.45, 7) is 10.2. The molecule has 0 unspecified atom stereocenters. The molecule has 120 valence electrons. The summed E-state index contributed by atoms with van der Waals surface area (Å²) in [5.74, 6) is -0.965. The Labute approximate surface area is 130 Å². The van der Waals surface area contributed by atoms with E-state index in [-0.39, 0.29) is 11.0 Å². The largest absolute Gasteiger partial charge is 0.478 e. The summed E-state index contributed by atoms with van der Waals surface area (Å²) < 4.78 is 5.45. The molecule has 1 aromatic carbocycles. The molecule has 0 aromatic heterocycles. The zero-order chi connectivity index (χ0) is 16.7. The fourth-order valence-corrected chi connectivity index (χ4v) is 2.60. The van der Waals surface area contributed by atoms with Crippen molar-refractivity contribution in [3.63, 3.8) is 0 Å². The van der Waals surface area contributed by atoms with E-state index in [1.807, 2.05) is 20.8 Å². The molecule has 0 bridgehead atoms. The molecule has 1 aliphatic heterocycles. The first-order valence-corrected chi connectivity index (χ1v) is 7.40. The summed E-state index contributed by atoms with van der Waals surface area (Å²) in [4.78, 5) is 25.2. The summed E-state index contributed by atoms with van der Waals surface area (Å²) in [5, 5.41) is 9.18. The maximum atomic E-state index is 12.4. The lowest BCUT2D eigenvalue weighted by Gasteiger charge is -2.39. The highest BCUT2D eigenvalue weighted by Crippen LogP contribution is 2.40. The molecule has 1 N–H and O–H groups in total. The van der Waals surface area contributed by atoms with Crippen molar-refractivity contribution in [1.82, 2.24) is 0 Å². The van der Waals surface area contributed by atoms with Gasteiger partial charge in [-0.2, -0.15) is 0 Å². The van der Waals surface area contributed by atoms with E-state index in [1.54, 1.807) is 17.0 Å². The first-order valence-electron chi connectivity index (χ1n) is 7.40. The molecule has 1 heterocycles. The Morgan fingerprint density at radius 1 is 1.27 bits per heavy atom. The van der Waals surface area contributed by atoms with Gasteiger partial charge in [0.25, 0.3) is 0 Å². The Hall–Kier alpha value is -2.04. The molecule has 0 saturated carbocycles. The number of nitrogens with zero attached hydrogens (tertiary/aromatic N) is 1. The third-order valence-corrected chi connectivity index (χ3v) is 3.84. The molecule has 0 atom stereocenters. The van der Waals surface area contributed by atoms with Crippen molar-refractivity contribution in [3.8, 4) is 0 Å². The van der Waals surface area contributed by atoms with Crippen LogP contribution in [-0.2, 0) is 10.2 Å². The molecule has 1 aromatic rings. The maximum absolute atomic E-state index is 12.4. The molecular weight excluding hydrogens is 282 g/mol. The second kappa shape index (κ2) is 5.30.